The summed E-state index contributed by atoms with van der Waals surface area (Å²) in [5, 5.41) is 0. The van der Waals surface area contributed by atoms with Crippen LogP contribution in [-0.4, -0.2) is 25.8 Å². The van der Waals surface area contributed by atoms with Gasteiger partial charge in [0.1, 0.15) is 5.75 Å². The van der Waals surface area contributed by atoms with Crippen LogP contribution in [0.5, 0.6) is 5.75 Å². The summed E-state index contributed by atoms with van der Waals surface area (Å²) in [7, 11) is -2.27. The highest BCUT2D eigenvalue weighted by Gasteiger charge is 2.45. The maximum absolute atomic E-state index is 10.9. The molecular weight excluding hydrogens is 240 g/mol. The molecule has 2 rings (SSSR count). The second-order valence-corrected chi connectivity index (χ2v) is 6.20. The van der Waals surface area contributed by atoms with Crippen LogP contribution in [-0.2, 0) is 16.5 Å². The standard InChI is InChI=1S/C12H16O4S/c1-16-11-4-2-10(3-5-11)8-12(6-7-12)9-17(13,14)15/h2-5H,6-9H2,1H3,(H,13,14,15). The molecule has 1 aliphatic rings. The molecule has 0 bridgehead atoms. The molecule has 0 radical (unpaired) electrons. The first-order chi connectivity index (χ1) is 7.92. The molecule has 1 aromatic carbocycles. The quantitative estimate of drug-likeness (QED) is 0.817. The van der Waals surface area contributed by atoms with Crippen molar-refractivity contribution in [3.05, 3.63) is 29.8 Å². The van der Waals surface area contributed by atoms with Gasteiger partial charge in [-0.05, 0) is 42.4 Å². The third kappa shape index (κ3) is 3.44. The maximum Gasteiger partial charge on any atom is 0.265 e. The lowest BCUT2D eigenvalue weighted by molar-refractivity contribution is 0.414. The zero-order valence-corrected chi connectivity index (χ0v) is 10.5. The third-order valence-electron chi connectivity index (χ3n) is 3.18. The van der Waals surface area contributed by atoms with Crippen LogP contribution in [0.15, 0.2) is 24.3 Å². The van der Waals surface area contributed by atoms with Gasteiger partial charge in [0, 0.05) is 0 Å². The minimum Gasteiger partial charge on any atom is -0.497 e. The van der Waals surface area contributed by atoms with Crippen molar-refractivity contribution in [1.29, 1.82) is 0 Å². The first-order valence-electron chi connectivity index (χ1n) is 5.51. The molecular formula is C12H16O4S. The van der Waals surface area contributed by atoms with Crippen LogP contribution in [0.4, 0.5) is 0 Å². The van der Waals surface area contributed by atoms with E-state index in [2.05, 4.69) is 0 Å². The van der Waals surface area contributed by atoms with Gasteiger partial charge in [0.25, 0.3) is 10.1 Å². The summed E-state index contributed by atoms with van der Waals surface area (Å²) >= 11 is 0. The fourth-order valence-corrected chi connectivity index (χ4v) is 3.28. The molecule has 0 spiro atoms. The molecule has 94 valence electrons. The SMILES string of the molecule is COc1ccc(CC2(CS(=O)(=O)O)CC2)cc1. The number of hydrogen-bond donors (Lipinski definition) is 1. The highest BCUT2D eigenvalue weighted by Crippen LogP contribution is 2.49. The summed E-state index contributed by atoms with van der Waals surface area (Å²) in [6, 6.07) is 7.59. The van der Waals surface area contributed by atoms with E-state index in [-0.39, 0.29) is 11.2 Å². The van der Waals surface area contributed by atoms with Crippen molar-refractivity contribution in [2.45, 2.75) is 19.3 Å². The smallest absolute Gasteiger partial charge is 0.265 e. The van der Waals surface area contributed by atoms with Gasteiger partial charge in [-0.25, -0.2) is 0 Å². The molecule has 0 heterocycles. The van der Waals surface area contributed by atoms with E-state index in [0.29, 0.717) is 6.42 Å². The van der Waals surface area contributed by atoms with Gasteiger partial charge < -0.3 is 4.74 Å². The first kappa shape index (κ1) is 12.4. The van der Waals surface area contributed by atoms with Crippen LogP contribution in [0.1, 0.15) is 18.4 Å². The van der Waals surface area contributed by atoms with E-state index in [1.54, 1.807) is 7.11 Å². The van der Waals surface area contributed by atoms with E-state index in [9.17, 15) is 8.42 Å². The van der Waals surface area contributed by atoms with E-state index < -0.39 is 10.1 Å². The Balaban J connectivity index is 2.05. The average molecular weight is 256 g/mol. The van der Waals surface area contributed by atoms with Crippen molar-refractivity contribution in [2.24, 2.45) is 5.41 Å². The molecule has 0 atom stereocenters. The number of benzene rings is 1. The molecule has 1 aromatic rings. The monoisotopic (exact) mass is 256 g/mol. The predicted octanol–water partition coefficient (Wildman–Crippen LogP) is 1.91. The molecule has 0 amide bonds. The normalized spacial score (nSPS) is 17.8. The molecule has 4 nitrogen and oxygen atoms in total. The second-order valence-electron chi connectivity index (χ2n) is 4.75. The molecule has 0 saturated heterocycles. The van der Waals surface area contributed by atoms with Crippen LogP contribution in [0.2, 0.25) is 0 Å². The van der Waals surface area contributed by atoms with Crippen LogP contribution < -0.4 is 4.74 Å². The fraction of sp³-hybridized carbons (Fsp3) is 0.500. The van der Waals surface area contributed by atoms with Crippen LogP contribution in [0, 0.1) is 5.41 Å². The Morgan fingerprint density at radius 1 is 1.29 bits per heavy atom. The third-order valence-corrected chi connectivity index (χ3v) is 4.16. The lowest BCUT2D eigenvalue weighted by atomic mass is 9.98. The van der Waals surface area contributed by atoms with Crippen molar-refractivity contribution < 1.29 is 17.7 Å². The molecule has 1 saturated carbocycles. The van der Waals surface area contributed by atoms with Crippen molar-refractivity contribution in [3.8, 4) is 5.75 Å². The maximum atomic E-state index is 10.9. The molecule has 5 heteroatoms. The van der Waals surface area contributed by atoms with E-state index in [0.717, 1.165) is 24.2 Å². The van der Waals surface area contributed by atoms with Gasteiger partial charge in [-0.3, -0.25) is 4.55 Å². The van der Waals surface area contributed by atoms with Crippen molar-refractivity contribution >= 4 is 10.1 Å². The second kappa shape index (κ2) is 4.31. The van der Waals surface area contributed by atoms with Gasteiger partial charge in [-0.15, -0.1) is 0 Å². The van der Waals surface area contributed by atoms with E-state index >= 15 is 0 Å². The summed E-state index contributed by atoms with van der Waals surface area (Å²) in [4.78, 5) is 0. The highest BCUT2D eigenvalue weighted by molar-refractivity contribution is 7.85. The Labute approximate surface area is 101 Å². The molecule has 1 N–H and O–H groups in total. The van der Waals surface area contributed by atoms with Crippen LogP contribution in [0.3, 0.4) is 0 Å². The molecule has 0 aliphatic heterocycles. The Morgan fingerprint density at radius 3 is 2.29 bits per heavy atom. The van der Waals surface area contributed by atoms with E-state index in [1.165, 1.54) is 0 Å². The van der Waals surface area contributed by atoms with Gasteiger partial charge in [0.05, 0.1) is 12.9 Å². The Hall–Kier alpha value is -1.07. The van der Waals surface area contributed by atoms with Gasteiger partial charge in [0.2, 0.25) is 0 Å². The number of hydrogen-bond acceptors (Lipinski definition) is 3. The summed E-state index contributed by atoms with van der Waals surface area (Å²) in [5.41, 5.74) is 0.828. The summed E-state index contributed by atoms with van der Waals surface area (Å²) < 4.78 is 35.8. The van der Waals surface area contributed by atoms with Crippen molar-refractivity contribution in [3.63, 3.8) is 0 Å². The van der Waals surface area contributed by atoms with E-state index in [4.69, 9.17) is 9.29 Å². The lowest BCUT2D eigenvalue weighted by Crippen LogP contribution is -2.18. The average Bonchev–Trinajstić information content (AvgIpc) is 2.96. The van der Waals surface area contributed by atoms with Crippen LogP contribution in [0.25, 0.3) is 0 Å². The molecule has 1 fully saturated rings. The summed E-state index contributed by atoms with van der Waals surface area (Å²) in [6.07, 6.45) is 2.41. The minimum atomic E-state index is -3.88. The lowest BCUT2D eigenvalue weighted by Gasteiger charge is -2.13. The van der Waals surface area contributed by atoms with Gasteiger partial charge in [0.15, 0.2) is 0 Å². The van der Waals surface area contributed by atoms with Gasteiger partial charge in [-0.1, -0.05) is 12.1 Å². The fourth-order valence-electron chi connectivity index (χ4n) is 2.11. The summed E-state index contributed by atoms with van der Waals surface area (Å²) in [6.45, 7) is 0. The highest BCUT2D eigenvalue weighted by atomic mass is 32.2. The largest absolute Gasteiger partial charge is 0.497 e. The molecule has 17 heavy (non-hydrogen) atoms. The van der Waals surface area contributed by atoms with Gasteiger partial charge in [-0.2, -0.15) is 8.42 Å². The van der Waals surface area contributed by atoms with Gasteiger partial charge >= 0.3 is 0 Å². The Morgan fingerprint density at radius 2 is 1.88 bits per heavy atom. The molecule has 1 aliphatic carbocycles. The number of ether oxygens (including phenoxy) is 1. The Kier molecular flexibility index (Phi) is 3.14. The van der Waals surface area contributed by atoms with Crippen molar-refractivity contribution in [2.75, 3.05) is 12.9 Å². The van der Waals surface area contributed by atoms with E-state index in [1.807, 2.05) is 24.3 Å². The predicted molar refractivity (Wildman–Crippen MR) is 64.8 cm³/mol. The Bertz CT molecular complexity index is 486. The number of rotatable bonds is 5. The van der Waals surface area contributed by atoms with Crippen LogP contribution >= 0.6 is 0 Å². The zero-order chi connectivity index (χ0) is 12.5. The molecule has 0 unspecified atom stereocenters. The number of methoxy groups -OCH3 is 1. The summed E-state index contributed by atoms with van der Waals surface area (Å²) in [5.74, 6) is 0.653. The zero-order valence-electron chi connectivity index (χ0n) is 9.72. The molecule has 0 aromatic heterocycles. The first-order valence-corrected chi connectivity index (χ1v) is 7.12. The topological polar surface area (TPSA) is 63.6 Å². The minimum absolute atomic E-state index is 0.133. The van der Waals surface area contributed by atoms with Crippen molar-refractivity contribution in [1.82, 2.24) is 0 Å².